The van der Waals surface area contributed by atoms with E-state index in [1.54, 1.807) is 6.20 Å². The van der Waals surface area contributed by atoms with Gasteiger partial charge in [-0.25, -0.2) is 4.85 Å². The van der Waals surface area contributed by atoms with Gasteiger partial charge in [-0.1, -0.05) is 18.0 Å². The summed E-state index contributed by atoms with van der Waals surface area (Å²) in [5.74, 6) is -0.248. The Balaban J connectivity index is 1.91. The lowest BCUT2D eigenvalue weighted by atomic mass is 9.85. The number of hydrogen-bond donors (Lipinski definition) is 1. The van der Waals surface area contributed by atoms with Crippen LogP contribution in [-0.4, -0.2) is 22.6 Å². The molecule has 0 bridgehead atoms. The van der Waals surface area contributed by atoms with Crippen LogP contribution in [0.2, 0.25) is 5.02 Å². The third-order valence-corrected chi connectivity index (χ3v) is 6.46. The highest BCUT2D eigenvalue weighted by molar-refractivity contribution is 6.36. The summed E-state index contributed by atoms with van der Waals surface area (Å²) in [7, 11) is 1.44. The fourth-order valence-corrected chi connectivity index (χ4v) is 4.67. The Bertz CT molecular complexity index is 1180. The molecule has 0 saturated heterocycles. The number of fused-ring (bicyclic) bond motifs is 1. The maximum absolute atomic E-state index is 12.1. The number of anilines is 1. The smallest absolute Gasteiger partial charge is 0.308 e. The van der Waals surface area contributed by atoms with Gasteiger partial charge in [0, 0.05) is 35.1 Å². The van der Waals surface area contributed by atoms with Gasteiger partial charge in [0.2, 0.25) is 0 Å². The first kappa shape index (κ1) is 20.2. The number of aryl methyl sites for hydroxylation is 1. The number of nitrogen functional groups attached to an aromatic ring is 1. The number of nitrogens with two attached hydrogens (primary N) is 1. The number of carbonyl (C=O) groups is 1. The highest BCUT2D eigenvalue weighted by atomic mass is 35.5. The Hall–Kier alpha value is -3.04. The van der Waals surface area contributed by atoms with Crippen LogP contribution >= 0.6 is 11.6 Å². The van der Waals surface area contributed by atoms with Gasteiger partial charge in [-0.2, -0.15) is 0 Å². The topological polar surface area (TPSA) is 74.5 Å². The van der Waals surface area contributed by atoms with E-state index in [1.807, 2.05) is 19.1 Å². The molecular weight excluding hydrogens is 400 g/mol. The molecule has 6 nitrogen and oxygen atoms in total. The molecule has 1 aromatic carbocycles. The molecule has 4 rings (SSSR count). The van der Waals surface area contributed by atoms with Crippen LogP contribution in [-0.2, 0) is 9.53 Å². The van der Waals surface area contributed by atoms with Crippen molar-refractivity contribution < 1.29 is 9.53 Å². The zero-order valence-electron chi connectivity index (χ0n) is 17.0. The fourth-order valence-electron chi connectivity index (χ4n) is 4.47. The van der Waals surface area contributed by atoms with Gasteiger partial charge in [0.05, 0.1) is 36.5 Å². The minimum absolute atomic E-state index is 0.101. The average molecular weight is 423 g/mol. The van der Waals surface area contributed by atoms with Gasteiger partial charge < -0.3 is 15.0 Å². The summed E-state index contributed by atoms with van der Waals surface area (Å²) >= 11 is 6.52. The van der Waals surface area contributed by atoms with Crippen molar-refractivity contribution in [2.24, 2.45) is 5.92 Å². The first-order valence-corrected chi connectivity index (χ1v) is 10.3. The molecule has 1 fully saturated rings. The number of halogens is 1. The van der Waals surface area contributed by atoms with Gasteiger partial charge in [0.25, 0.3) is 0 Å². The Labute approximate surface area is 180 Å². The van der Waals surface area contributed by atoms with Crippen molar-refractivity contribution in [2.45, 2.75) is 38.6 Å². The van der Waals surface area contributed by atoms with Crippen molar-refractivity contribution in [1.29, 1.82) is 0 Å². The van der Waals surface area contributed by atoms with Crippen LogP contribution in [0.15, 0.2) is 30.7 Å². The number of esters is 1. The Kier molecular flexibility index (Phi) is 5.40. The molecule has 154 valence electrons. The van der Waals surface area contributed by atoms with Crippen LogP contribution in [0, 0.1) is 19.4 Å². The van der Waals surface area contributed by atoms with Crippen LogP contribution < -0.4 is 5.73 Å². The highest BCUT2D eigenvalue weighted by Gasteiger charge is 2.30. The van der Waals surface area contributed by atoms with Crippen LogP contribution in [0.1, 0.15) is 37.3 Å². The van der Waals surface area contributed by atoms with Crippen molar-refractivity contribution in [3.63, 3.8) is 0 Å². The van der Waals surface area contributed by atoms with Crippen LogP contribution in [0.3, 0.4) is 0 Å². The Morgan fingerprint density at radius 1 is 1.33 bits per heavy atom. The van der Waals surface area contributed by atoms with Crippen molar-refractivity contribution >= 4 is 39.8 Å². The molecule has 1 aliphatic carbocycles. The summed E-state index contributed by atoms with van der Waals surface area (Å²) in [5.41, 5.74) is 10.6. The van der Waals surface area contributed by atoms with E-state index >= 15 is 0 Å². The van der Waals surface area contributed by atoms with E-state index < -0.39 is 0 Å². The van der Waals surface area contributed by atoms with Crippen molar-refractivity contribution in [1.82, 2.24) is 9.55 Å². The molecule has 7 heteroatoms. The summed E-state index contributed by atoms with van der Waals surface area (Å²) < 4.78 is 7.22. The molecule has 0 amide bonds. The van der Waals surface area contributed by atoms with E-state index in [1.165, 1.54) is 13.3 Å². The second-order valence-corrected chi connectivity index (χ2v) is 8.23. The fraction of sp³-hybridized carbons (Fsp3) is 0.348. The largest absolute Gasteiger partial charge is 0.469 e. The maximum atomic E-state index is 12.1. The summed E-state index contributed by atoms with van der Waals surface area (Å²) in [6.45, 7) is 9.46. The molecule has 1 saturated carbocycles. The van der Waals surface area contributed by atoms with Crippen LogP contribution in [0.5, 0.6) is 0 Å². The van der Waals surface area contributed by atoms with Crippen LogP contribution in [0.25, 0.3) is 26.9 Å². The lowest BCUT2D eigenvalue weighted by Gasteiger charge is -2.29. The monoisotopic (exact) mass is 422 g/mol. The number of aromatic nitrogens is 2. The number of hydrogen-bond acceptors (Lipinski definition) is 4. The van der Waals surface area contributed by atoms with Crippen LogP contribution in [0.4, 0.5) is 11.4 Å². The molecule has 0 radical (unpaired) electrons. The van der Waals surface area contributed by atoms with E-state index in [2.05, 4.69) is 20.6 Å². The first-order chi connectivity index (χ1) is 14.4. The second kappa shape index (κ2) is 8.00. The molecule has 2 heterocycles. The Morgan fingerprint density at radius 3 is 2.87 bits per heavy atom. The summed E-state index contributed by atoms with van der Waals surface area (Å²) in [6.07, 6.45) is 8.80. The summed E-state index contributed by atoms with van der Waals surface area (Å²) in [6, 6.07) is 4.11. The number of benzene rings is 1. The molecule has 2 N–H and O–H groups in total. The second-order valence-electron chi connectivity index (χ2n) is 7.85. The molecule has 2 unspecified atom stereocenters. The highest BCUT2D eigenvalue weighted by Crippen LogP contribution is 2.43. The maximum Gasteiger partial charge on any atom is 0.308 e. The molecule has 2 atom stereocenters. The molecule has 3 aromatic rings. The number of ether oxygens (including phenoxy) is 1. The Morgan fingerprint density at radius 2 is 2.13 bits per heavy atom. The zero-order chi connectivity index (χ0) is 21.4. The SMILES string of the molecule is [C-]#[N+]c1cc2c(-c3cncc(N)c3Cl)cn(C3CCCC(C(=O)OC)C3)c2cc1C. The minimum atomic E-state index is -0.147. The molecule has 0 aliphatic heterocycles. The van der Waals surface area contributed by atoms with E-state index in [4.69, 9.17) is 28.6 Å². The average Bonchev–Trinajstić information content (AvgIpc) is 3.12. The number of carbonyl (C=O) groups excluding carboxylic acids is 1. The minimum Gasteiger partial charge on any atom is -0.469 e. The van der Waals surface area contributed by atoms with E-state index in [0.29, 0.717) is 16.4 Å². The van der Waals surface area contributed by atoms with Gasteiger partial charge in [-0.15, -0.1) is 0 Å². The number of nitrogens with zero attached hydrogens (tertiary/aromatic N) is 3. The number of methoxy groups -OCH3 is 1. The normalized spacial score (nSPS) is 18.9. The molecular formula is C23H23ClN4O2. The van der Waals surface area contributed by atoms with Gasteiger partial charge in [-0.05, 0) is 49.3 Å². The third kappa shape index (κ3) is 3.40. The van der Waals surface area contributed by atoms with Gasteiger partial charge in [0.15, 0.2) is 5.69 Å². The molecule has 30 heavy (non-hydrogen) atoms. The number of rotatable bonds is 3. The van der Waals surface area contributed by atoms with Crippen molar-refractivity contribution in [2.75, 3.05) is 12.8 Å². The first-order valence-electron chi connectivity index (χ1n) is 9.94. The quantitative estimate of drug-likeness (QED) is 0.433. The zero-order valence-corrected chi connectivity index (χ0v) is 17.7. The predicted molar refractivity (Wildman–Crippen MR) is 119 cm³/mol. The van der Waals surface area contributed by atoms with Crippen molar-refractivity contribution in [3.05, 3.63) is 52.7 Å². The third-order valence-electron chi connectivity index (χ3n) is 6.04. The summed E-state index contributed by atoms with van der Waals surface area (Å²) in [5, 5.41) is 1.38. The molecule has 1 aliphatic rings. The molecule has 2 aromatic heterocycles. The standard InChI is InChI=1S/C23H23ClN4O2/c1-13-7-21-16(9-20(13)26-2)18(17-10-27-11-19(25)22(17)24)12-28(21)15-6-4-5-14(8-15)23(29)30-3/h7,9-12,14-15H,4-6,8,25H2,1,3H3. The van der Waals surface area contributed by atoms with Gasteiger partial charge in [0.1, 0.15) is 0 Å². The van der Waals surface area contributed by atoms with E-state index in [9.17, 15) is 4.79 Å². The predicted octanol–water partition coefficient (Wildman–Crippen LogP) is 5.70. The summed E-state index contributed by atoms with van der Waals surface area (Å²) in [4.78, 5) is 20.0. The van der Waals surface area contributed by atoms with E-state index in [-0.39, 0.29) is 17.9 Å². The van der Waals surface area contributed by atoms with E-state index in [0.717, 1.165) is 53.3 Å². The van der Waals surface area contributed by atoms with Crippen molar-refractivity contribution in [3.8, 4) is 11.1 Å². The lowest BCUT2D eigenvalue weighted by Crippen LogP contribution is -2.25. The van der Waals surface area contributed by atoms with Gasteiger partial charge >= 0.3 is 5.97 Å². The lowest BCUT2D eigenvalue weighted by molar-refractivity contribution is -0.147. The van der Waals surface area contributed by atoms with Gasteiger partial charge in [-0.3, -0.25) is 9.78 Å². The number of pyridine rings is 1. The molecule has 0 spiro atoms.